The second-order valence-corrected chi connectivity index (χ2v) is 8.69. The molecule has 7 heteroatoms. The molecule has 4 rings (SSSR count). The maximum Gasteiger partial charge on any atom is 0.266 e. The molecule has 166 valence electrons. The summed E-state index contributed by atoms with van der Waals surface area (Å²) >= 11 is 1.12. The monoisotopic (exact) mass is 457 g/mol. The minimum atomic E-state index is -0.435. The molecule has 33 heavy (non-hydrogen) atoms. The molecule has 3 aromatic carbocycles. The third kappa shape index (κ3) is 5.21. The number of fused-ring (bicyclic) bond motifs is 1. The molecule has 1 heterocycles. The van der Waals surface area contributed by atoms with E-state index in [4.69, 9.17) is 0 Å². The lowest BCUT2D eigenvalue weighted by Crippen LogP contribution is -2.33. The molecule has 6 nitrogen and oxygen atoms in total. The minimum absolute atomic E-state index is 0.0455. The van der Waals surface area contributed by atoms with E-state index in [-0.39, 0.29) is 23.6 Å². The van der Waals surface area contributed by atoms with Crippen LogP contribution < -0.4 is 10.9 Å². The highest BCUT2D eigenvalue weighted by Gasteiger charge is 2.16. The number of para-hydroxylation sites is 1. The molecular formula is C26H23N3O3S. The Balaban J connectivity index is 1.59. The molecule has 0 bridgehead atoms. The van der Waals surface area contributed by atoms with E-state index in [1.54, 1.807) is 18.2 Å². The van der Waals surface area contributed by atoms with Crippen molar-refractivity contribution in [3.63, 3.8) is 0 Å². The lowest BCUT2D eigenvalue weighted by molar-refractivity contribution is -0.128. The van der Waals surface area contributed by atoms with Crippen molar-refractivity contribution in [2.45, 2.75) is 25.4 Å². The fourth-order valence-corrected chi connectivity index (χ4v) is 4.26. The van der Waals surface area contributed by atoms with Gasteiger partial charge in [0.15, 0.2) is 5.16 Å². The second kappa shape index (κ2) is 9.83. The number of aromatic nitrogens is 2. The number of benzene rings is 3. The van der Waals surface area contributed by atoms with Crippen molar-refractivity contribution < 1.29 is 9.59 Å². The molecule has 0 aliphatic rings. The third-order valence-electron chi connectivity index (χ3n) is 5.31. The zero-order valence-electron chi connectivity index (χ0n) is 18.4. The van der Waals surface area contributed by atoms with Gasteiger partial charge >= 0.3 is 0 Å². The minimum Gasteiger partial charge on any atom is -0.295 e. The van der Waals surface area contributed by atoms with Gasteiger partial charge in [-0.3, -0.25) is 24.3 Å². The molecule has 0 unspecified atom stereocenters. The summed E-state index contributed by atoms with van der Waals surface area (Å²) in [6.45, 7) is 3.99. The van der Waals surface area contributed by atoms with Gasteiger partial charge in [-0.05, 0) is 54.8 Å². The molecule has 0 saturated carbocycles. The van der Waals surface area contributed by atoms with Crippen LogP contribution in [0.15, 0.2) is 82.7 Å². The Morgan fingerprint density at radius 1 is 0.909 bits per heavy atom. The standard InChI is InChI=1S/C26H23N3O3S/c1-17-12-13-20(14-18(17)2)29-25(32)21-10-6-7-11-22(21)27-26(29)33-16-24(31)28-23(30)15-19-8-4-3-5-9-19/h3-14H,15-16H2,1-2H3,(H,28,30,31). The highest BCUT2D eigenvalue weighted by molar-refractivity contribution is 7.99. The number of imide groups is 1. The average Bonchev–Trinajstić information content (AvgIpc) is 2.80. The summed E-state index contributed by atoms with van der Waals surface area (Å²) in [6.07, 6.45) is 0.124. The Morgan fingerprint density at radius 2 is 1.64 bits per heavy atom. The van der Waals surface area contributed by atoms with Crippen molar-refractivity contribution in [2.24, 2.45) is 0 Å². The van der Waals surface area contributed by atoms with Gasteiger partial charge in [0, 0.05) is 0 Å². The van der Waals surface area contributed by atoms with Crippen LogP contribution in [-0.4, -0.2) is 27.1 Å². The van der Waals surface area contributed by atoms with Crippen LogP contribution in [0.5, 0.6) is 0 Å². The average molecular weight is 458 g/mol. The lowest BCUT2D eigenvalue weighted by atomic mass is 10.1. The maximum atomic E-state index is 13.3. The van der Waals surface area contributed by atoms with Crippen LogP contribution in [0, 0.1) is 13.8 Å². The first-order valence-electron chi connectivity index (χ1n) is 10.5. The number of rotatable bonds is 6. The highest BCUT2D eigenvalue weighted by Crippen LogP contribution is 2.22. The van der Waals surface area contributed by atoms with Gasteiger partial charge in [0.05, 0.1) is 28.8 Å². The summed E-state index contributed by atoms with van der Waals surface area (Å²) in [6, 6.07) is 22.1. The number of amides is 2. The number of carbonyl (C=O) groups excluding carboxylic acids is 2. The number of carbonyl (C=O) groups is 2. The Bertz CT molecular complexity index is 1400. The van der Waals surface area contributed by atoms with Gasteiger partial charge in [-0.2, -0.15) is 0 Å². The van der Waals surface area contributed by atoms with Crippen LogP contribution in [0.2, 0.25) is 0 Å². The van der Waals surface area contributed by atoms with Crippen molar-refractivity contribution in [3.05, 3.63) is 99.8 Å². The SMILES string of the molecule is Cc1ccc(-n2c(SCC(=O)NC(=O)Cc3ccccc3)nc3ccccc3c2=O)cc1C. The molecule has 1 N–H and O–H groups in total. The Labute approximate surface area is 195 Å². The van der Waals surface area contributed by atoms with E-state index in [2.05, 4.69) is 10.3 Å². The number of nitrogens with zero attached hydrogens (tertiary/aromatic N) is 2. The van der Waals surface area contributed by atoms with E-state index in [0.29, 0.717) is 21.7 Å². The fourth-order valence-electron chi connectivity index (χ4n) is 3.45. The van der Waals surface area contributed by atoms with Crippen molar-refractivity contribution >= 4 is 34.5 Å². The summed E-state index contributed by atoms with van der Waals surface area (Å²) in [5.41, 5.74) is 4.04. The normalized spacial score (nSPS) is 10.8. The van der Waals surface area contributed by atoms with Crippen LogP contribution in [0.3, 0.4) is 0 Å². The maximum absolute atomic E-state index is 13.3. The van der Waals surface area contributed by atoms with Gasteiger partial charge in [-0.15, -0.1) is 0 Å². The van der Waals surface area contributed by atoms with Crippen LogP contribution in [0.4, 0.5) is 0 Å². The zero-order chi connectivity index (χ0) is 23.4. The molecule has 0 spiro atoms. The number of hydrogen-bond acceptors (Lipinski definition) is 5. The van der Waals surface area contributed by atoms with E-state index in [1.807, 2.05) is 68.4 Å². The van der Waals surface area contributed by atoms with Crippen LogP contribution >= 0.6 is 11.8 Å². The molecule has 0 fully saturated rings. The lowest BCUT2D eigenvalue weighted by Gasteiger charge is -2.14. The van der Waals surface area contributed by atoms with E-state index in [0.717, 1.165) is 28.5 Å². The van der Waals surface area contributed by atoms with E-state index < -0.39 is 5.91 Å². The van der Waals surface area contributed by atoms with Crippen LogP contribution in [-0.2, 0) is 16.0 Å². The van der Waals surface area contributed by atoms with Crippen LogP contribution in [0.1, 0.15) is 16.7 Å². The van der Waals surface area contributed by atoms with Crippen molar-refractivity contribution in [1.82, 2.24) is 14.9 Å². The molecule has 4 aromatic rings. The highest BCUT2D eigenvalue weighted by atomic mass is 32.2. The number of thioether (sulfide) groups is 1. The predicted molar refractivity (Wildman–Crippen MR) is 131 cm³/mol. The predicted octanol–water partition coefficient (Wildman–Crippen LogP) is 3.98. The largest absolute Gasteiger partial charge is 0.295 e. The van der Waals surface area contributed by atoms with Crippen molar-refractivity contribution in [1.29, 1.82) is 0 Å². The van der Waals surface area contributed by atoms with Gasteiger partial charge < -0.3 is 0 Å². The molecule has 0 aliphatic carbocycles. The molecule has 0 aliphatic heterocycles. The van der Waals surface area contributed by atoms with E-state index >= 15 is 0 Å². The van der Waals surface area contributed by atoms with E-state index in [9.17, 15) is 14.4 Å². The topological polar surface area (TPSA) is 81.1 Å². The first-order valence-corrected chi connectivity index (χ1v) is 11.5. The summed E-state index contributed by atoms with van der Waals surface area (Å²) < 4.78 is 1.53. The van der Waals surface area contributed by atoms with Gasteiger partial charge in [0.1, 0.15) is 0 Å². The Hall–Kier alpha value is -3.71. The van der Waals surface area contributed by atoms with Gasteiger partial charge in [0.2, 0.25) is 11.8 Å². The third-order valence-corrected chi connectivity index (χ3v) is 6.25. The summed E-state index contributed by atoms with van der Waals surface area (Å²) in [7, 11) is 0. The summed E-state index contributed by atoms with van der Waals surface area (Å²) in [5.74, 6) is -0.851. The fraction of sp³-hybridized carbons (Fsp3) is 0.154. The molecule has 0 radical (unpaired) electrons. The number of hydrogen-bond donors (Lipinski definition) is 1. The quantitative estimate of drug-likeness (QED) is 0.350. The molecule has 1 aromatic heterocycles. The molecule has 2 amide bonds. The summed E-state index contributed by atoms with van der Waals surface area (Å²) in [4.78, 5) is 42.6. The van der Waals surface area contributed by atoms with Gasteiger partial charge in [-0.25, -0.2) is 4.98 Å². The number of nitrogens with one attached hydrogen (secondary N) is 1. The van der Waals surface area contributed by atoms with Gasteiger partial charge in [0.25, 0.3) is 5.56 Å². The first-order chi connectivity index (χ1) is 15.9. The van der Waals surface area contributed by atoms with Gasteiger partial charge in [-0.1, -0.05) is 60.3 Å². The van der Waals surface area contributed by atoms with Crippen LogP contribution in [0.25, 0.3) is 16.6 Å². The number of aryl methyl sites for hydroxylation is 2. The van der Waals surface area contributed by atoms with E-state index in [1.165, 1.54) is 4.57 Å². The zero-order valence-corrected chi connectivity index (χ0v) is 19.2. The Morgan fingerprint density at radius 3 is 2.39 bits per heavy atom. The first kappa shape index (κ1) is 22.5. The smallest absolute Gasteiger partial charge is 0.266 e. The summed E-state index contributed by atoms with van der Waals surface area (Å²) in [5, 5.41) is 3.31. The second-order valence-electron chi connectivity index (χ2n) is 7.74. The molecular weight excluding hydrogens is 434 g/mol. The molecule has 0 atom stereocenters. The van der Waals surface area contributed by atoms with Crippen molar-refractivity contribution in [2.75, 3.05) is 5.75 Å². The van der Waals surface area contributed by atoms with Crippen molar-refractivity contribution in [3.8, 4) is 5.69 Å². The molecule has 0 saturated heterocycles. The Kier molecular flexibility index (Phi) is 6.70.